The molecule has 1 aromatic rings. The van der Waals surface area contributed by atoms with Gasteiger partial charge in [-0.15, -0.1) is 0 Å². The summed E-state index contributed by atoms with van der Waals surface area (Å²) in [6, 6.07) is 4.33. The summed E-state index contributed by atoms with van der Waals surface area (Å²) in [5.74, 6) is -0.183. The van der Waals surface area contributed by atoms with Gasteiger partial charge in [-0.1, -0.05) is 20.8 Å². The number of benzene rings is 1. The van der Waals surface area contributed by atoms with Crippen molar-refractivity contribution in [3.63, 3.8) is 0 Å². The molecule has 1 nitrogen and oxygen atoms in total. The molecule has 1 rings (SSSR count). The first-order valence-electron chi connectivity index (χ1n) is 5.59. The van der Waals surface area contributed by atoms with Crippen LogP contribution in [0.1, 0.15) is 49.5 Å². The Balaban J connectivity index is 2.74. The Morgan fingerprint density at radius 3 is 2.44 bits per heavy atom. The lowest BCUT2D eigenvalue weighted by Crippen LogP contribution is -2.10. The lowest BCUT2D eigenvalue weighted by Gasteiger charge is -2.17. The number of hydrogen-bond donors (Lipinski definition) is 0. The highest BCUT2D eigenvalue weighted by Crippen LogP contribution is 2.23. The Morgan fingerprint density at radius 2 is 1.94 bits per heavy atom. The predicted molar refractivity (Wildman–Crippen MR) is 64.2 cm³/mol. The molecule has 0 fully saturated rings. The molecule has 0 amide bonds. The van der Waals surface area contributed by atoms with Crippen LogP contribution < -0.4 is 0 Å². The normalized spacial score (nSPS) is 11.6. The molecule has 0 aliphatic rings. The van der Waals surface area contributed by atoms with Crippen LogP contribution in [0.4, 0.5) is 4.39 Å². The van der Waals surface area contributed by atoms with Crippen molar-refractivity contribution in [3.05, 3.63) is 35.1 Å². The van der Waals surface area contributed by atoms with Crippen LogP contribution in [0.2, 0.25) is 0 Å². The molecule has 0 N–H and O–H groups in total. The minimum atomic E-state index is -0.287. The van der Waals surface area contributed by atoms with Crippen LogP contribution in [0.15, 0.2) is 18.2 Å². The fourth-order valence-corrected chi connectivity index (χ4v) is 1.56. The lowest BCUT2D eigenvalue weighted by atomic mass is 9.88. The molecule has 0 aromatic heterocycles. The summed E-state index contributed by atoms with van der Waals surface area (Å²) in [6.45, 7) is 8.10. The zero-order valence-electron chi connectivity index (χ0n) is 10.4. The zero-order valence-corrected chi connectivity index (χ0v) is 10.4. The number of carbonyl (C=O) groups excluding carboxylic acids is 1. The van der Waals surface area contributed by atoms with E-state index in [1.807, 2.05) is 0 Å². The third-order valence-electron chi connectivity index (χ3n) is 2.59. The molecule has 0 saturated carbocycles. The van der Waals surface area contributed by atoms with E-state index in [1.165, 1.54) is 12.1 Å². The number of ketones is 1. The molecule has 2 heteroatoms. The van der Waals surface area contributed by atoms with Gasteiger partial charge in [-0.05, 0) is 42.5 Å². The topological polar surface area (TPSA) is 17.1 Å². The fourth-order valence-electron chi connectivity index (χ4n) is 1.56. The highest BCUT2D eigenvalue weighted by Gasteiger charge is 2.15. The number of carbonyl (C=O) groups is 1. The highest BCUT2D eigenvalue weighted by molar-refractivity contribution is 5.97. The molecular formula is C14H19FO. The van der Waals surface area contributed by atoms with Crippen molar-refractivity contribution in [2.75, 3.05) is 0 Å². The summed E-state index contributed by atoms with van der Waals surface area (Å²) >= 11 is 0. The van der Waals surface area contributed by atoms with Gasteiger partial charge in [0.05, 0.1) is 0 Å². The van der Waals surface area contributed by atoms with Crippen LogP contribution in [0.25, 0.3) is 0 Å². The van der Waals surface area contributed by atoms with Gasteiger partial charge in [0.1, 0.15) is 5.82 Å². The van der Waals surface area contributed by atoms with E-state index >= 15 is 0 Å². The van der Waals surface area contributed by atoms with Crippen LogP contribution in [0.3, 0.4) is 0 Å². The molecule has 1 aromatic carbocycles. The highest BCUT2D eigenvalue weighted by atomic mass is 19.1. The molecule has 0 unspecified atom stereocenters. The maximum atomic E-state index is 12.9. The van der Waals surface area contributed by atoms with E-state index in [1.54, 1.807) is 13.0 Å². The van der Waals surface area contributed by atoms with E-state index < -0.39 is 0 Å². The van der Waals surface area contributed by atoms with Gasteiger partial charge in [-0.3, -0.25) is 4.79 Å². The van der Waals surface area contributed by atoms with Crippen molar-refractivity contribution in [3.8, 4) is 0 Å². The molecule has 0 aliphatic carbocycles. The van der Waals surface area contributed by atoms with Crippen molar-refractivity contribution in [2.45, 2.75) is 40.5 Å². The molecule has 16 heavy (non-hydrogen) atoms. The van der Waals surface area contributed by atoms with Crippen molar-refractivity contribution in [2.24, 2.45) is 5.41 Å². The van der Waals surface area contributed by atoms with Crippen molar-refractivity contribution in [1.82, 2.24) is 0 Å². The van der Waals surface area contributed by atoms with Gasteiger partial charge in [0.2, 0.25) is 0 Å². The van der Waals surface area contributed by atoms with Crippen LogP contribution in [0, 0.1) is 18.2 Å². The average molecular weight is 222 g/mol. The van der Waals surface area contributed by atoms with E-state index in [2.05, 4.69) is 20.8 Å². The minimum absolute atomic E-state index is 0.104. The Morgan fingerprint density at radius 1 is 1.31 bits per heavy atom. The van der Waals surface area contributed by atoms with Gasteiger partial charge in [0.25, 0.3) is 0 Å². The Hall–Kier alpha value is -1.18. The van der Waals surface area contributed by atoms with Gasteiger partial charge in [0, 0.05) is 12.0 Å². The fraction of sp³-hybridized carbons (Fsp3) is 0.500. The van der Waals surface area contributed by atoms with Gasteiger partial charge in [-0.2, -0.15) is 0 Å². The summed E-state index contributed by atoms with van der Waals surface area (Å²) in [5, 5.41) is 0. The van der Waals surface area contributed by atoms with Crippen molar-refractivity contribution >= 4 is 5.78 Å². The first kappa shape index (κ1) is 12.9. The molecule has 88 valence electrons. The molecule has 0 spiro atoms. The second-order valence-corrected chi connectivity index (χ2v) is 5.44. The van der Waals surface area contributed by atoms with Gasteiger partial charge in [-0.25, -0.2) is 4.39 Å². The van der Waals surface area contributed by atoms with Crippen LogP contribution >= 0.6 is 0 Å². The Labute approximate surface area is 96.7 Å². The first-order chi connectivity index (χ1) is 7.29. The van der Waals surface area contributed by atoms with E-state index in [9.17, 15) is 9.18 Å². The first-order valence-corrected chi connectivity index (χ1v) is 5.59. The monoisotopic (exact) mass is 222 g/mol. The van der Waals surface area contributed by atoms with E-state index in [0.29, 0.717) is 12.0 Å². The SMILES string of the molecule is Cc1cc(F)ccc1C(=O)CCC(C)(C)C. The molecular weight excluding hydrogens is 203 g/mol. The summed E-state index contributed by atoms with van der Waals surface area (Å²) in [6.07, 6.45) is 1.37. The largest absolute Gasteiger partial charge is 0.294 e. The summed E-state index contributed by atoms with van der Waals surface area (Å²) in [4.78, 5) is 11.9. The second kappa shape index (κ2) is 4.77. The van der Waals surface area contributed by atoms with Gasteiger partial charge < -0.3 is 0 Å². The molecule has 0 saturated heterocycles. The molecule has 0 atom stereocenters. The van der Waals surface area contributed by atoms with E-state index in [-0.39, 0.29) is 17.0 Å². The summed E-state index contributed by atoms with van der Waals surface area (Å²) in [5.41, 5.74) is 1.52. The predicted octanol–water partition coefficient (Wildman–Crippen LogP) is 4.14. The third-order valence-corrected chi connectivity index (χ3v) is 2.59. The molecule has 0 aliphatic heterocycles. The maximum Gasteiger partial charge on any atom is 0.163 e. The zero-order chi connectivity index (χ0) is 12.3. The van der Waals surface area contributed by atoms with E-state index in [4.69, 9.17) is 0 Å². The maximum absolute atomic E-state index is 12.9. The molecule has 0 heterocycles. The Bertz CT molecular complexity index is 388. The Kier molecular flexibility index (Phi) is 3.84. The van der Waals surface area contributed by atoms with Gasteiger partial charge >= 0.3 is 0 Å². The third kappa shape index (κ3) is 3.76. The second-order valence-electron chi connectivity index (χ2n) is 5.44. The van der Waals surface area contributed by atoms with Gasteiger partial charge in [0.15, 0.2) is 5.78 Å². The quantitative estimate of drug-likeness (QED) is 0.702. The van der Waals surface area contributed by atoms with Crippen LogP contribution in [-0.4, -0.2) is 5.78 Å². The van der Waals surface area contributed by atoms with E-state index in [0.717, 1.165) is 12.0 Å². The van der Waals surface area contributed by atoms with Crippen LogP contribution in [0.5, 0.6) is 0 Å². The summed E-state index contributed by atoms with van der Waals surface area (Å²) < 4.78 is 12.9. The van der Waals surface area contributed by atoms with Crippen LogP contribution in [-0.2, 0) is 0 Å². The minimum Gasteiger partial charge on any atom is -0.294 e. The lowest BCUT2D eigenvalue weighted by molar-refractivity contribution is 0.0965. The number of halogens is 1. The summed E-state index contributed by atoms with van der Waals surface area (Å²) in [7, 11) is 0. The number of aryl methyl sites for hydroxylation is 1. The van der Waals surface area contributed by atoms with Crippen molar-refractivity contribution < 1.29 is 9.18 Å². The van der Waals surface area contributed by atoms with Crippen molar-refractivity contribution in [1.29, 1.82) is 0 Å². The smallest absolute Gasteiger partial charge is 0.163 e. The number of rotatable bonds is 3. The standard InChI is InChI=1S/C14H19FO/c1-10-9-11(15)5-6-12(10)13(16)7-8-14(2,3)4/h5-6,9H,7-8H2,1-4H3. The number of Topliss-reactive ketones (excluding diaryl/α,β-unsaturated/α-hetero) is 1. The molecule has 0 radical (unpaired) electrons. The molecule has 0 bridgehead atoms. The average Bonchev–Trinajstić information content (AvgIpc) is 2.13. The number of hydrogen-bond acceptors (Lipinski definition) is 1.